The number of hydrogen-bond donors (Lipinski definition) is 0. The zero-order valence-electron chi connectivity index (χ0n) is 34.1. The Labute approximate surface area is 347 Å². The monoisotopic (exact) mass is 754 g/mol. The maximum absolute atomic E-state index is 2.60. The van der Waals surface area contributed by atoms with Gasteiger partial charge in [0.1, 0.15) is 0 Å². The normalized spacial score (nSPS) is 16.9. The molecule has 13 rings (SSSR count). The largest absolute Gasteiger partial charge is 0.311 e. The van der Waals surface area contributed by atoms with Crippen molar-refractivity contribution in [3.8, 4) is 22.3 Å². The van der Waals surface area contributed by atoms with E-state index in [1.165, 1.54) is 112 Å². The van der Waals surface area contributed by atoms with E-state index in [9.17, 15) is 0 Å². The second-order valence-corrected chi connectivity index (χ2v) is 18.6. The van der Waals surface area contributed by atoms with Gasteiger partial charge in [0.25, 0.3) is 6.71 Å². The van der Waals surface area contributed by atoms with E-state index in [1.807, 2.05) is 0 Å². The fraction of sp³-hybridized carbons (Fsp3) is 0.143. The summed E-state index contributed by atoms with van der Waals surface area (Å²) < 4.78 is 0. The third kappa shape index (κ3) is 3.99. The Morgan fingerprint density at radius 1 is 0.339 bits per heavy atom. The number of benzene rings is 8. The van der Waals surface area contributed by atoms with Crippen LogP contribution in [0.5, 0.6) is 0 Å². The lowest BCUT2D eigenvalue weighted by Gasteiger charge is -2.51. The highest BCUT2D eigenvalue weighted by molar-refractivity contribution is 7.01. The molecule has 0 bridgehead atoms. The lowest BCUT2D eigenvalue weighted by molar-refractivity contribution is 0.660. The summed E-state index contributed by atoms with van der Waals surface area (Å²) in [5, 5.41) is 0. The lowest BCUT2D eigenvalue weighted by Crippen LogP contribution is -2.67. The smallest absolute Gasteiger partial charge is 0.252 e. The molecule has 8 aromatic carbocycles. The molecular formula is C56H43BN2. The molecule has 59 heavy (non-hydrogen) atoms. The third-order valence-corrected chi connectivity index (χ3v) is 15.1. The van der Waals surface area contributed by atoms with Crippen molar-refractivity contribution in [2.75, 3.05) is 9.80 Å². The van der Waals surface area contributed by atoms with E-state index in [-0.39, 0.29) is 23.0 Å². The molecule has 0 saturated heterocycles. The molecule has 3 heteroatoms. The van der Waals surface area contributed by atoms with Crippen molar-refractivity contribution < 1.29 is 0 Å². The Balaban J connectivity index is 1.11. The standard InChI is InChI=1S/C56H43BN2/c1-54(2)41-20-11-9-18-37(41)39-30-28-35(32-45(39)54)58-47-24-13-22-43-51(47)57-52-44(56(43,5)34-16-7-6-8-17-34)23-14-25-48(52)59(50-27-15-26-49(58)53(50)57)36-29-31-40-38-19-10-12-21-42(38)55(3,4)46(40)33-36/h6-33H,1-5H3. The van der Waals surface area contributed by atoms with Crippen LogP contribution in [0.1, 0.15) is 73.6 Å². The minimum atomic E-state index is -0.376. The molecule has 0 aromatic heterocycles. The van der Waals surface area contributed by atoms with Crippen LogP contribution in [0, 0.1) is 0 Å². The molecule has 3 aliphatic heterocycles. The molecule has 280 valence electrons. The number of anilines is 6. The van der Waals surface area contributed by atoms with Gasteiger partial charge in [-0.2, -0.15) is 0 Å². The predicted octanol–water partition coefficient (Wildman–Crippen LogP) is 12.0. The summed E-state index contributed by atoms with van der Waals surface area (Å²) in [6, 6.07) is 64.9. The van der Waals surface area contributed by atoms with E-state index >= 15 is 0 Å². The van der Waals surface area contributed by atoms with Crippen LogP contribution in [0.3, 0.4) is 0 Å². The number of fused-ring (bicyclic) bond motifs is 6. The highest BCUT2D eigenvalue weighted by Crippen LogP contribution is 2.55. The molecule has 0 N–H and O–H groups in total. The summed E-state index contributed by atoms with van der Waals surface area (Å²) in [5.41, 5.74) is 26.2. The van der Waals surface area contributed by atoms with Gasteiger partial charge in [-0.3, -0.25) is 0 Å². The zero-order chi connectivity index (χ0) is 39.6. The Hall–Kier alpha value is -6.58. The van der Waals surface area contributed by atoms with Crippen LogP contribution >= 0.6 is 0 Å². The molecular weight excluding hydrogens is 711 g/mol. The van der Waals surface area contributed by atoms with Gasteiger partial charge in [0, 0.05) is 50.4 Å². The maximum Gasteiger partial charge on any atom is 0.252 e. The van der Waals surface area contributed by atoms with Crippen LogP contribution in [0.2, 0.25) is 0 Å². The quantitative estimate of drug-likeness (QED) is 0.166. The van der Waals surface area contributed by atoms with Crippen molar-refractivity contribution in [1.29, 1.82) is 0 Å². The Morgan fingerprint density at radius 2 is 0.729 bits per heavy atom. The molecule has 0 atom stereocenters. The zero-order valence-corrected chi connectivity index (χ0v) is 34.1. The average molecular weight is 755 g/mol. The topological polar surface area (TPSA) is 6.48 Å². The average Bonchev–Trinajstić information content (AvgIpc) is 3.64. The fourth-order valence-electron chi connectivity index (χ4n) is 12.3. The van der Waals surface area contributed by atoms with Gasteiger partial charge in [-0.25, -0.2) is 0 Å². The summed E-state index contributed by atoms with van der Waals surface area (Å²) in [7, 11) is 0. The first kappa shape index (κ1) is 33.4. The number of rotatable bonds is 3. The summed E-state index contributed by atoms with van der Waals surface area (Å²) in [6.45, 7) is 12.1. The van der Waals surface area contributed by atoms with E-state index in [0.717, 1.165) is 0 Å². The third-order valence-electron chi connectivity index (χ3n) is 15.1. The summed E-state index contributed by atoms with van der Waals surface area (Å²) in [6.07, 6.45) is 0. The molecule has 5 aliphatic rings. The van der Waals surface area contributed by atoms with Gasteiger partial charge in [-0.15, -0.1) is 0 Å². The molecule has 0 radical (unpaired) electrons. The number of nitrogens with zero attached hydrogens (tertiary/aromatic N) is 2. The molecule has 0 unspecified atom stereocenters. The van der Waals surface area contributed by atoms with E-state index in [1.54, 1.807) is 0 Å². The van der Waals surface area contributed by atoms with Gasteiger partial charge >= 0.3 is 0 Å². The van der Waals surface area contributed by atoms with Crippen molar-refractivity contribution in [3.63, 3.8) is 0 Å². The molecule has 2 nitrogen and oxygen atoms in total. The predicted molar refractivity (Wildman–Crippen MR) is 248 cm³/mol. The first-order valence-corrected chi connectivity index (χ1v) is 21.2. The molecule has 0 saturated carbocycles. The summed E-state index contributed by atoms with van der Waals surface area (Å²) in [4.78, 5) is 5.19. The minimum Gasteiger partial charge on any atom is -0.311 e. The van der Waals surface area contributed by atoms with Crippen molar-refractivity contribution in [1.82, 2.24) is 0 Å². The minimum absolute atomic E-state index is 0.0909. The second-order valence-electron chi connectivity index (χ2n) is 18.6. The summed E-state index contributed by atoms with van der Waals surface area (Å²) >= 11 is 0. The molecule has 2 aliphatic carbocycles. The van der Waals surface area contributed by atoms with Gasteiger partial charge < -0.3 is 9.80 Å². The van der Waals surface area contributed by atoms with Crippen molar-refractivity contribution in [2.24, 2.45) is 0 Å². The molecule has 8 aromatic rings. The van der Waals surface area contributed by atoms with Crippen LogP contribution in [-0.4, -0.2) is 6.71 Å². The molecule has 0 spiro atoms. The number of hydrogen-bond acceptors (Lipinski definition) is 2. The van der Waals surface area contributed by atoms with Crippen LogP contribution in [0.25, 0.3) is 22.3 Å². The fourth-order valence-corrected chi connectivity index (χ4v) is 12.3. The van der Waals surface area contributed by atoms with Gasteiger partial charge in [-0.05, 0) is 133 Å². The maximum atomic E-state index is 2.60. The van der Waals surface area contributed by atoms with Gasteiger partial charge in [0.15, 0.2) is 0 Å². The van der Waals surface area contributed by atoms with Crippen LogP contribution in [0.15, 0.2) is 170 Å². The van der Waals surface area contributed by atoms with E-state index in [2.05, 4.69) is 214 Å². The van der Waals surface area contributed by atoms with Crippen molar-refractivity contribution >= 4 is 57.2 Å². The molecule has 0 amide bonds. The van der Waals surface area contributed by atoms with Crippen LogP contribution < -0.4 is 26.2 Å². The van der Waals surface area contributed by atoms with Gasteiger partial charge in [0.05, 0.1) is 0 Å². The van der Waals surface area contributed by atoms with Gasteiger partial charge in [0.2, 0.25) is 0 Å². The Kier molecular flexibility index (Phi) is 6.30. The second kappa shape index (κ2) is 11.1. The summed E-state index contributed by atoms with van der Waals surface area (Å²) in [5.74, 6) is 0. The van der Waals surface area contributed by atoms with E-state index in [0.29, 0.717) is 0 Å². The van der Waals surface area contributed by atoms with Gasteiger partial charge in [-0.1, -0.05) is 149 Å². The molecule has 0 fully saturated rings. The molecule has 3 heterocycles. The van der Waals surface area contributed by atoms with Crippen molar-refractivity contribution in [3.05, 3.63) is 209 Å². The first-order valence-electron chi connectivity index (χ1n) is 21.2. The van der Waals surface area contributed by atoms with Crippen molar-refractivity contribution in [2.45, 2.75) is 50.9 Å². The lowest BCUT2D eigenvalue weighted by atomic mass is 9.28. The van der Waals surface area contributed by atoms with Crippen LogP contribution in [0.4, 0.5) is 34.1 Å². The Bertz CT molecular complexity index is 2970. The Morgan fingerprint density at radius 3 is 1.22 bits per heavy atom. The highest BCUT2D eigenvalue weighted by atomic mass is 15.2. The van der Waals surface area contributed by atoms with E-state index in [4.69, 9.17) is 0 Å². The van der Waals surface area contributed by atoms with E-state index < -0.39 is 0 Å². The SMILES string of the molecule is CC1(C)c2ccccc2-c2ccc(N3c4cccc5c4B4c6c3cccc6C(C)(c3ccccc3)c3cccc(c34)N5c3ccc4c(c3)C(C)(C)c3ccccc3-4)cc21. The first-order chi connectivity index (χ1) is 28.7. The van der Waals surface area contributed by atoms with Crippen LogP contribution in [-0.2, 0) is 16.2 Å². The highest BCUT2D eigenvalue weighted by Gasteiger charge is 2.53.